The Kier molecular flexibility index (Phi) is 8.49. The van der Waals surface area contributed by atoms with E-state index in [0.29, 0.717) is 39.8 Å². The number of aryl methyl sites for hydroxylation is 2. The number of hydrogen-bond acceptors (Lipinski definition) is 6. The maximum Gasteiger partial charge on any atom is 0.407 e. The number of fused-ring (bicyclic) bond motifs is 1. The summed E-state index contributed by atoms with van der Waals surface area (Å²) < 4.78 is 17.8. The van der Waals surface area contributed by atoms with Gasteiger partial charge in [0.2, 0.25) is 0 Å². The van der Waals surface area contributed by atoms with Crippen molar-refractivity contribution in [1.82, 2.24) is 15.6 Å². The SMILES string of the molecule is Cc1cc(C)c(CNC(=O)c2cc(Cl)c3c(c2C)OC(C2CCC(NC(=O)OC(C)(C)C)CC2)CO3)c(=O)[nH]1. The average Bonchev–Trinajstić information content (AvgIpc) is 2.84. The zero-order valence-corrected chi connectivity index (χ0v) is 24.2. The molecule has 0 saturated heterocycles. The second-order valence-electron chi connectivity index (χ2n) is 11.5. The van der Waals surface area contributed by atoms with Crippen molar-refractivity contribution in [2.75, 3.05) is 6.61 Å². The molecular formula is C29H38ClN3O6. The Morgan fingerprint density at radius 2 is 1.79 bits per heavy atom. The van der Waals surface area contributed by atoms with Crippen LogP contribution in [0.4, 0.5) is 4.79 Å². The number of pyridine rings is 1. The lowest BCUT2D eigenvalue weighted by Gasteiger charge is -2.37. The second-order valence-corrected chi connectivity index (χ2v) is 11.9. The number of halogens is 1. The van der Waals surface area contributed by atoms with Crippen LogP contribution in [0.1, 0.15) is 79.2 Å². The maximum atomic E-state index is 13.1. The number of carbonyl (C=O) groups is 2. The number of carbonyl (C=O) groups excluding carboxylic acids is 2. The van der Waals surface area contributed by atoms with Crippen molar-refractivity contribution in [2.24, 2.45) is 5.92 Å². The summed E-state index contributed by atoms with van der Waals surface area (Å²) in [7, 11) is 0. The van der Waals surface area contributed by atoms with Crippen LogP contribution < -0.4 is 25.7 Å². The monoisotopic (exact) mass is 559 g/mol. The predicted molar refractivity (Wildman–Crippen MR) is 149 cm³/mol. The molecule has 10 heteroatoms. The van der Waals surface area contributed by atoms with Crippen molar-refractivity contribution >= 4 is 23.6 Å². The molecule has 1 aliphatic carbocycles. The van der Waals surface area contributed by atoms with E-state index in [4.69, 9.17) is 25.8 Å². The summed E-state index contributed by atoms with van der Waals surface area (Å²) in [6, 6.07) is 3.51. The fraction of sp³-hybridized carbons (Fsp3) is 0.552. The summed E-state index contributed by atoms with van der Waals surface area (Å²) in [4.78, 5) is 40.4. The fourth-order valence-corrected chi connectivity index (χ4v) is 5.52. The van der Waals surface area contributed by atoms with Crippen LogP contribution in [0.5, 0.6) is 11.5 Å². The number of ether oxygens (including phenoxy) is 3. The molecule has 1 aromatic carbocycles. The van der Waals surface area contributed by atoms with E-state index < -0.39 is 11.7 Å². The molecule has 1 saturated carbocycles. The van der Waals surface area contributed by atoms with Crippen LogP contribution in [0.2, 0.25) is 5.02 Å². The summed E-state index contributed by atoms with van der Waals surface area (Å²) in [5.74, 6) is 0.799. The van der Waals surface area contributed by atoms with Crippen LogP contribution in [0.15, 0.2) is 16.9 Å². The lowest BCUT2D eigenvalue weighted by molar-refractivity contribution is 0.0261. The third-order valence-corrected chi connectivity index (χ3v) is 7.56. The summed E-state index contributed by atoms with van der Waals surface area (Å²) in [5, 5.41) is 6.11. The molecule has 2 heterocycles. The Balaban J connectivity index is 1.41. The molecule has 4 rings (SSSR count). The topological polar surface area (TPSA) is 119 Å². The number of benzene rings is 1. The first-order chi connectivity index (χ1) is 18.3. The number of alkyl carbamates (subject to hydrolysis) is 1. The van der Waals surface area contributed by atoms with Crippen molar-refractivity contribution in [2.45, 2.75) is 91.5 Å². The summed E-state index contributed by atoms with van der Waals surface area (Å²) >= 11 is 6.50. The van der Waals surface area contributed by atoms with Crippen molar-refractivity contribution in [3.63, 3.8) is 0 Å². The predicted octanol–water partition coefficient (Wildman–Crippen LogP) is 5.11. The number of amides is 2. The first-order valence-electron chi connectivity index (χ1n) is 13.4. The van der Waals surface area contributed by atoms with Gasteiger partial charge in [0.05, 0.1) is 5.02 Å². The van der Waals surface area contributed by atoms with Crippen molar-refractivity contribution in [3.8, 4) is 11.5 Å². The highest BCUT2D eigenvalue weighted by Crippen LogP contribution is 2.44. The first-order valence-corrected chi connectivity index (χ1v) is 13.8. The van der Waals surface area contributed by atoms with E-state index >= 15 is 0 Å². The summed E-state index contributed by atoms with van der Waals surface area (Å²) in [5.41, 5.74) is 2.34. The molecule has 1 unspecified atom stereocenters. The van der Waals surface area contributed by atoms with Crippen molar-refractivity contribution in [1.29, 1.82) is 0 Å². The van der Waals surface area contributed by atoms with E-state index in [1.165, 1.54) is 0 Å². The lowest BCUT2D eigenvalue weighted by Crippen LogP contribution is -2.44. The number of aromatic nitrogens is 1. The Morgan fingerprint density at radius 3 is 2.44 bits per heavy atom. The van der Waals surface area contributed by atoms with Crippen molar-refractivity contribution < 1.29 is 23.8 Å². The summed E-state index contributed by atoms with van der Waals surface area (Å²) in [6.07, 6.45) is 2.77. The van der Waals surface area contributed by atoms with Crippen LogP contribution in [0.3, 0.4) is 0 Å². The highest BCUT2D eigenvalue weighted by molar-refractivity contribution is 6.32. The zero-order chi connectivity index (χ0) is 28.5. The second kappa shape index (κ2) is 11.5. The lowest BCUT2D eigenvalue weighted by atomic mass is 9.82. The van der Waals surface area contributed by atoms with Gasteiger partial charge in [-0.2, -0.15) is 0 Å². The number of H-pyrrole nitrogens is 1. The van der Waals surface area contributed by atoms with Crippen LogP contribution in [-0.4, -0.2) is 41.3 Å². The highest BCUT2D eigenvalue weighted by Gasteiger charge is 2.35. The Labute approximate surface area is 233 Å². The van der Waals surface area contributed by atoms with Gasteiger partial charge in [-0.3, -0.25) is 9.59 Å². The quantitative estimate of drug-likeness (QED) is 0.468. The molecule has 1 atom stereocenters. The van der Waals surface area contributed by atoms with Crippen LogP contribution in [0.25, 0.3) is 0 Å². The number of rotatable bonds is 5. The molecule has 2 amide bonds. The Hall–Kier alpha value is -3.20. The summed E-state index contributed by atoms with van der Waals surface area (Å²) in [6.45, 7) is 11.5. The van der Waals surface area contributed by atoms with Crippen LogP contribution >= 0.6 is 11.6 Å². The minimum Gasteiger partial charge on any atom is -0.484 e. The normalized spacial score (nSPS) is 20.7. The number of nitrogens with one attached hydrogen (secondary N) is 3. The number of hydrogen-bond donors (Lipinski definition) is 3. The van der Waals surface area contributed by atoms with Gasteiger partial charge >= 0.3 is 6.09 Å². The molecule has 0 radical (unpaired) electrons. The van der Waals surface area contributed by atoms with Crippen LogP contribution in [-0.2, 0) is 11.3 Å². The third kappa shape index (κ3) is 6.87. The van der Waals surface area contributed by atoms with E-state index in [0.717, 1.165) is 36.9 Å². The molecule has 2 aliphatic rings. The van der Waals surface area contributed by atoms with Crippen LogP contribution in [0, 0.1) is 26.7 Å². The van der Waals surface area contributed by atoms with Gasteiger partial charge in [0, 0.05) is 35.0 Å². The maximum absolute atomic E-state index is 13.1. The molecule has 1 aromatic heterocycles. The molecule has 3 N–H and O–H groups in total. The molecule has 1 aliphatic heterocycles. The molecule has 2 aromatic rings. The molecule has 0 bridgehead atoms. The molecule has 0 spiro atoms. The Morgan fingerprint density at radius 1 is 1.10 bits per heavy atom. The van der Waals surface area contributed by atoms with E-state index in [2.05, 4.69) is 15.6 Å². The van der Waals surface area contributed by atoms with E-state index in [1.54, 1.807) is 13.0 Å². The highest BCUT2D eigenvalue weighted by atomic mass is 35.5. The van der Waals surface area contributed by atoms with E-state index in [9.17, 15) is 14.4 Å². The minimum atomic E-state index is -0.534. The number of aromatic amines is 1. The molecule has 1 fully saturated rings. The first kappa shape index (κ1) is 28.8. The van der Waals surface area contributed by atoms with Gasteiger partial charge in [0.25, 0.3) is 11.5 Å². The van der Waals surface area contributed by atoms with Gasteiger partial charge in [-0.05, 0) is 90.8 Å². The fourth-order valence-electron chi connectivity index (χ4n) is 5.27. The Bertz CT molecular complexity index is 1310. The van der Waals surface area contributed by atoms with Gasteiger partial charge in [0.15, 0.2) is 11.5 Å². The zero-order valence-electron chi connectivity index (χ0n) is 23.5. The molecule has 9 nitrogen and oxygen atoms in total. The van der Waals surface area contributed by atoms with E-state index in [1.807, 2.05) is 40.7 Å². The van der Waals surface area contributed by atoms with Gasteiger partial charge in [-0.15, -0.1) is 0 Å². The van der Waals surface area contributed by atoms with Crippen molar-refractivity contribution in [3.05, 3.63) is 55.5 Å². The molecule has 212 valence electrons. The van der Waals surface area contributed by atoms with Gasteiger partial charge < -0.3 is 29.8 Å². The molecular weight excluding hydrogens is 522 g/mol. The smallest absolute Gasteiger partial charge is 0.407 e. The van der Waals surface area contributed by atoms with Gasteiger partial charge in [-0.1, -0.05) is 11.6 Å². The minimum absolute atomic E-state index is 0.0591. The van der Waals surface area contributed by atoms with Gasteiger partial charge in [-0.25, -0.2) is 4.79 Å². The largest absolute Gasteiger partial charge is 0.484 e. The third-order valence-electron chi connectivity index (χ3n) is 7.28. The van der Waals surface area contributed by atoms with E-state index in [-0.39, 0.29) is 36.1 Å². The molecule has 39 heavy (non-hydrogen) atoms. The standard InChI is InChI=1S/C29H38ClN3O6/c1-15-11-16(2)32-27(35)21(15)13-31-26(34)20-12-22(30)25-24(17(20)3)38-23(14-37-25)18-7-9-19(10-8-18)33-28(36)39-29(4,5)6/h11-12,18-19,23H,7-10,13-14H2,1-6H3,(H,31,34)(H,32,35)(H,33,36). The van der Waals surface area contributed by atoms with Gasteiger partial charge in [0.1, 0.15) is 18.3 Å². The average molecular weight is 560 g/mol.